The van der Waals surface area contributed by atoms with E-state index in [0.717, 1.165) is 37.6 Å². The van der Waals surface area contributed by atoms with Crippen molar-refractivity contribution in [2.24, 2.45) is 0 Å². The van der Waals surface area contributed by atoms with Gasteiger partial charge in [0.05, 0.1) is 12.4 Å². The van der Waals surface area contributed by atoms with Crippen molar-refractivity contribution in [1.29, 1.82) is 0 Å². The average molecular weight is 334 g/mol. The first-order valence-electron chi connectivity index (χ1n) is 7.05. The van der Waals surface area contributed by atoms with Gasteiger partial charge in [-0.2, -0.15) is 4.37 Å². The first-order chi connectivity index (χ1) is 9.99. The minimum atomic E-state index is -3.37. The van der Waals surface area contributed by atoms with Gasteiger partial charge in [-0.3, -0.25) is 4.90 Å². The number of nitrogen functional groups attached to an aromatic ring is 1. The Morgan fingerprint density at radius 2 is 2.10 bits per heavy atom. The lowest BCUT2D eigenvalue weighted by atomic mass is 10.4. The second kappa shape index (κ2) is 6.91. The van der Waals surface area contributed by atoms with E-state index < -0.39 is 9.84 Å². The van der Waals surface area contributed by atoms with Crippen LogP contribution < -0.4 is 10.6 Å². The van der Waals surface area contributed by atoms with Crippen LogP contribution >= 0.6 is 11.5 Å². The maximum Gasteiger partial charge on any atom is 0.184 e. The molecule has 0 aliphatic carbocycles. The number of aliphatic hydroxyl groups is 1. The molecule has 0 radical (unpaired) electrons. The van der Waals surface area contributed by atoms with E-state index in [1.54, 1.807) is 6.92 Å². The summed E-state index contributed by atoms with van der Waals surface area (Å²) in [5.74, 6) is 0.126. The van der Waals surface area contributed by atoms with Crippen molar-refractivity contribution in [3.05, 3.63) is 0 Å². The van der Waals surface area contributed by atoms with E-state index in [1.807, 2.05) is 4.90 Å². The van der Waals surface area contributed by atoms with Crippen LogP contribution in [0.5, 0.6) is 0 Å². The topological polar surface area (TPSA) is 99.8 Å². The first-order valence-corrected chi connectivity index (χ1v) is 9.48. The molecule has 1 saturated heterocycles. The summed E-state index contributed by atoms with van der Waals surface area (Å²) in [7, 11) is -3.37. The summed E-state index contributed by atoms with van der Waals surface area (Å²) in [4.78, 5) is 4.41. The monoisotopic (exact) mass is 334 g/mol. The van der Waals surface area contributed by atoms with Crippen LogP contribution in [0.25, 0.3) is 0 Å². The quantitative estimate of drug-likeness (QED) is 0.783. The van der Waals surface area contributed by atoms with Crippen LogP contribution in [0.4, 0.5) is 10.8 Å². The van der Waals surface area contributed by atoms with Crippen molar-refractivity contribution in [2.75, 3.05) is 55.7 Å². The van der Waals surface area contributed by atoms with Crippen molar-refractivity contribution in [1.82, 2.24) is 9.27 Å². The third-order valence-electron chi connectivity index (χ3n) is 3.64. The van der Waals surface area contributed by atoms with E-state index in [2.05, 4.69) is 9.27 Å². The summed E-state index contributed by atoms with van der Waals surface area (Å²) in [5.41, 5.74) is 5.77. The molecule has 2 rings (SSSR count). The minimum absolute atomic E-state index is 0.0209. The predicted molar refractivity (Wildman–Crippen MR) is 84.6 cm³/mol. The van der Waals surface area contributed by atoms with Crippen LogP contribution in [0.3, 0.4) is 0 Å². The maximum absolute atomic E-state index is 12.2. The number of sulfone groups is 1. The fourth-order valence-corrected chi connectivity index (χ4v) is 4.82. The molecule has 0 amide bonds. The Labute approximate surface area is 129 Å². The van der Waals surface area contributed by atoms with E-state index in [9.17, 15) is 8.42 Å². The summed E-state index contributed by atoms with van der Waals surface area (Å²) in [5, 5.41) is 9.67. The van der Waals surface area contributed by atoms with Gasteiger partial charge >= 0.3 is 0 Å². The molecule has 0 atom stereocenters. The minimum Gasteiger partial charge on any atom is -0.395 e. The maximum atomic E-state index is 12.2. The van der Waals surface area contributed by atoms with E-state index >= 15 is 0 Å². The van der Waals surface area contributed by atoms with Gasteiger partial charge in [0.25, 0.3) is 0 Å². The third-order valence-corrected chi connectivity index (χ3v) is 6.48. The number of aromatic nitrogens is 1. The Morgan fingerprint density at radius 3 is 2.76 bits per heavy atom. The Bertz CT molecular complexity index is 573. The molecule has 3 N–H and O–H groups in total. The van der Waals surface area contributed by atoms with Crippen molar-refractivity contribution in [3.63, 3.8) is 0 Å². The van der Waals surface area contributed by atoms with Crippen molar-refractivity contribution < 1.29 is 13.5 Å². The van der Waals surface area contributed by atoms with Crippen molar-refractivity contribution in [3.8, 4) is 0 Å². The van der Waals surface area contributed by atoms with Crippen LogP contribution in [0.2, 0.25) is 0 Å². The van der Waals surface area contributed by atoms with E-state index in [0.29, 0.717) is 18.1 Å². The van der Waals surface area contributed by atoms with Crippen LogP contribution in [0.15, 0.2) is 4.90 Å². The summed E-state index contributed by atoms with van der Waals surface area (Å²) < 4.78 is 28.5. The zero-order valence-corrected chi connectivity index (χ0v) is 13.8. The molecule has 1 aliphatic rings. The molecule has 1 aromatic heterocycles. The van der Waals surface area contributed by atoms with E-state index in [4.69, 9.17) is 10.8 Å². The summed E-state index contributed by atoms with van der Waals surface area (Å²) >= 11 is 1.15. The van der Waals surface area contributed by atoms with Crippen LogP contribution in [-0.2, 0) is 9.84 Å². The number of anilines is 2. The molecule has 1 fully saturated rings. The average Bonchev–Trinajstić information content (AvgIpc) is 2.70. The number of hydrogen-bond acceptors (Lipinski definition) is 8. The SMILES string of the molecule is CCS(=O)(=O)c1c(N)nsc1N1CCCN(CCO)CC1. The van der Waals surface area contributed by atoms with E-state index in [-0.39, 0.29) is 23.1 Å². The normalized spacial score (nSPS) is 17.9. The Kier molecular flexibility index (Phi) is 5.42. The third kappa shape index (κ3) is 3.65. The zero-order chi connectivity index (χ0) is 15.5. The van der Waals surface area contributed by atoms with E-state index in [1.165, 1.54) is 0 Å². The zero-order valence-electron chi connectivity index (χ0n) is 12.2. The van der Waals surface area contributed by atoms with Crippen molar-refractivity contribution in [2.45, 2.75) is 18.2 Å². The first kappa shape index (κ1) is 16.5. The highest BCUT2D eigenvalue weighted by atomic mass is 32.2. The molecule has 7 nitrogen and oxygen atoms in total. The van der Waals surface area contributed by atoms with Crippen molar-refractivity contribution >= 4 is 32.2 Å². The molecule has 21 heavy (non-hydrogen) atoms. The van der Waals surface area contributed by atoms with Gasteiger partial charge in [-0.15, -0.1) is 0 Å². The van der Waals surface area contributed by atoms with Gasteiger partial charge in [0, 0.05) is 26.2 Å². The van der Waals surface area contributed by atoms with Gasteiger partial charge in [0.15, 0.2) is 15.7 Å². The Balaban J connectivity index is 2.23. The Hall–Kier alpha value is -0.900. The molecule has 9 heteroatoms. The van der Waals surface area contributed by atoms with Crippen LogP contribution in [0, 0.1) is 0 Å². The lowest BCUT2D eigenvalue weighted by Crippen LogP contribution is -2.32. The molecule has 2 heterocycles. The highest BCUT2D eigenvalue weighted by Crippen LogP contribution is 2.35. The molecule has 0 bridgehead atoms. The second-order valence-corrected chi connectivity index (χ2v) is 7.98. The number of hydrogen-bond donors (Lipinski definition) is 2. The summed E-state index contributed by atoms with van der Waals surface area (Å²) in [6.07, 6.45) is 0.920. The molecular formula is C12H22N4O3S2. The van der Waals surface area contributed by atoms with Gasteiger partial charge in [-0.05, 0) is 24.5 Å². The number of nitrogens with two attached hydrogens (primary N) is 1. The highest BCUT2D eigenvalue weighted by Gasteiger charge is 2.28. The van der Waals surface area contributed by atoms with Gasteiger partial charge in [0.1, 0.15) is 9.90 Å². The van der Waals surface area contributed by atoms with Crippen LogP contribution in [0.1, 0.15) is 13.3 Å². The molecule has 0 unspecified atom stereocenters. The standard InChI is InChI=1S/C12H22N4O3S2/c1-2-21(18,19)10-11(13)14-20-12(10)16-5-3-4-15(6-7-16)8-9-17/h17H,2-9H2,1H3,(H2,13,14). The fraction of sp³-hybridized carbons (Fsp3) is 0.750. The largest absolute Gasteiger partial charge is 0.395 e. The van der Waals surface area contributed by atoms with Gasteiger partial charge < -0.3 is 15.7 Å². The lowest BCUT2D eigenvalue weighted by molar-refractivity contribution is 0.204. The van der Waals surface area contributed by atoms with Gasteiger partial charge in [-0.25, -0.2) is 8.42 Å². The highest BCUT2D eigenvalue weighted by molar-refractivity contribution is 7.91. The number of nitrogens with zero attached hydrogens (tertiary/aromatic N) is 3. The fourth-order valence-electron chi connectivity index (χ4n) is 2.46. The molecule has 120 valence electrons. The predicted octanol–water partition coefficient (Wildman–Crippen LogP) is 0.0233. The number of rotatable bonds is 5. The molecule has 0 saturated carbocycles. The van der Waals surface area contributed by atoms with Crippen LogP contribution in [-0.4, -0.2) is 67.9 Å². The molecule has 0 spiro atoms. The van der Waals surface area contributed by atoms with Gasteiger partial charge in [0.2, 0.25) is 0 Å². The molecule has 1 aliphatic heterocycles. The summed E-state index contributed by atoms with van der Waals surface area (Å²) in [6, 6.07) is 0. The number of β-amino-alcohol motifs (C(OH)–C–C–N with tert-alkyl or cyclic N) is 1. The number of aliphatic hydroxyl groups excluding tert-OH is 1. The molecular weight excluding hydrogens is 312 g/mol. The second-order valence-electron chi connectivity index (χ2n) is 5.01. The summed E-state index contributed by atoms with van der Waals surface area (Å²) in [6.45, 7) is 5.60. The van der Waals surface area contributed by atoms with Gasteiger partial charge in [-0.1, -0.05) is 6.92 Å². The Morgan fingerprint density at radius 1 is 1.33 bits per heavy atom. The molecule has 1 aromatic rings. The lowest BCUT2D eigenvalue weighted by Gasteiger charge is -2.22. The smallest absolute Gasteiger partial charge is 0.184 e. The molecule has 0 aromatic carbocycles.